The number of amides is 2. The number of benzene rings is 2. The van der Waals surface area contributed by atoms with E-state index in [1.165, 1.54) is 44.0 Å². The highest BCUT2D eigenvalue weighted by molar-refractivity contribution is 6.07. The SMILES string of the molecule is COc1cc2ncnc(C(=N)CC(C)NC(=O)Nc3ccc(C4CCCCC4)cc3)c2cc1OC. The Labute approximate surface area is 206 Å². The van der Waals surface area contributed by atoms with E-state index in [1.807, 2.05) is 19.1 Å². The Morgan fingerprint density at radius 3 is 2.43 bits per heavy atom. The molecule has 35 heavy (non-hydrogen) atoms. The Kier molecular flexibility index (Phi) is 7.80. The highest BCUT2D eigenvalue weighted by Gasteiger charge is 2.18. The number of carbonyl (C=O) groups excluding carboxylic acids is 1. The van der Waals surface area contributed by atoms with Crippen LogP contribution in [0.15, 0.2) is 42.7 Å². The number of aromatic nitrogens is 2. The van der Waals surface area contributed by atoms with Gasteiger partial charge in [-0.15, -0.1) is 0 Å². The van der Waals surface area contributed by atoms with Gasteiger partial charge in [-0.25, -0.2) is 14.8 Å². The van der Waals surface area contributed by atoms with Crippen molar-refractivity contribution in [3.8, 4) is 11.5 Å². The molecule has 1 aliphatic rings. The quantitative estimate of drug-likeness (QED) is 0.364. The van der Waals surface area contributed by atoms with Crippen molar-refractivity contribution >= 4 is 28.3 Å². The molecule has 3 aromatic rings. The second-order valence-corrected chi connectivity index (χ2v) is 9.09. The number of urea groups is 1. The van der Waals surface area contributed by atoms with Gasteiger partial charge in [0.25, 0.3) is 0 Å². The topological polar surface area (TPSA) is 109 Å². The van der Waals surface area contributed by atoms with Crippen LogP contribution in [0.25, 0.3) is 10.9 Å². The smallest absolute Gasteiger partial charge is 0.319 e. The van der Waals surface area contributed by atoms with E-state index in [2.05, 4.69) is 32.7 Å². The number of fused-ring (bicyclic) bond motifs is 1. The molecule has 1 aromatic heterocycles. The predicted molar refractivity (Wildman–Crippen MR) is 138 cm³/mol. The molecule has 184 valence electrons. The summed E-state index contributed by atoms with van der Waals surface area (Å²) in [7, 11) is 3.13. The van der Waals surface area contributed by atoms with E-state index >= 15 is 0 Å². The molecule has 0 radical (unpaired) electrons. The molecule has 1 fully saturated rings. The average Bonchev–Trinajstić information content (AvgIpc) is 2.88. The molecule has 1 aliphatic carbocycles. The van der Waals surface area contributed by atoms with Crippen molar-refractivity contribution in [2.75, 3.05) is 19.5 Å². The summed E-state index contributed by atoms with van der Waals surface area (Å²) in [5.41, 5.74) is 3.57. The van der Waals surface area contributed by atoms with E-state index < -0.39 is 0 Å². The first-order chi connectivity index (χ1) is 17.0. The number of carbonyl (C=O) groups is 1. The summed E-state index contributed by atoms with van der Waals surface area (Å²) in [5, 5.41) is 15.1. The van der Waals surface area contributed by atoms with Crippen LogP contribution >= 0.6 is 0 Å². The first-order valence-corrected chi connectivity index (χ1v) is 12.1. The molecule has 1 saturated carbocycles. The Hall–Kier alpha value is -3.68. The number of rotatable bonds is 8. The predicted octanol–water partition coefficient (Wildman–Crippen LogP) is 5.66. The molecular formula is C27H33N5O3. The fraction of sp³-hybridized carbons (Fsp3) is 0.407. The van der Waals surface area contributed by atoms with Gasteiger partial charge >= 0.3 is 6.03 Å². The highest BCUT2D eigenvalue weighted by atomic mass is 16.5. The lowest BCUT2D eigenvalue weighted by atomic mass is 9.84. The second-order valence-electron chi connectivity index (χ2n) is 9.09. The van der Waals surface area contributed by atoms with Crippen molar-refractivity contribution < 1.29 is 14.3 Å². The van der Waals surface area contributed by atoms with E-state index in [4.69, 9.17) is 14.9 Å². The minimum Gasteiger partial charge on any atom is -0.493 e. The van der Waals surface area contributed by atoms with E-state index in [1.54, 1.807) is 26.4 Å². The monoisotopic (exact) mass is 475 g/mol. The highest BCUT2D eigenvalue weighted by Crippen LogP contribution is 2.33. The van der Waals surface area contributed by atoms with Gasteiger partial charge in [-0.1, -0.05) is 31.4 Å². The van der Waals surface area contributed by atoms with Crippen LogP contribution in [0.3, 0.4) is 0 Å². The van der Waals surface area contributed by atoms with Gasteiger partial charge in [0.1, 0.15) is 6.33 Å². The van der Waals surface area contributed by atoms with Gasteiger partial charge in [0.2, 0.25) is 0 Å². The molecular weight excluding hydrogens is 442 g/mol. The van der Waals surface area contributed by atoms with Crippen molar-refractivity contribution in [1.82, 2.24) is 15.3 Å². The third kappa shape index (κ3) is 5.88. The van der Waals surface area contributed by atoms with Crippen LogP contribution in [0.2, 0.25) is 0 Å². The summed E-state index contributed by atoms with van der Waals surface area (Å²) >= 11 is 0. The van der Waals surface area contributed by atoms with Gasteiger partial charge in [-0.05, 0) is 49.4 Å². The Balaban J connectivity index is 1.36. The van der Waals surface area contributed by atoms with Crippen LogP contribution in [0.5, 0.6) is 11.5 Å². The molecule has 1 atom stereocenters. The number of ether oxygens (including phenoxy) is 2. The minimum absolute atomic E-state index is 0.269. The molecule has 2 aromatic carbocycles. The largest absolute Gasteiger partial charge is 0.493 e. The summed E-state index contributed by atoms with van der Waals surface area (Å²) in [6.07, 6.45) is 8.17. The van der Waals surface area contributed by atoms with Crippen LogP contribution in [0, 0.1) is 5.41 Å². The Morgan fingerprint density at radius 1 is 1.06 bits per heavy atom. The molecule has 0 spiro atoms. The van der Waals surface area contributed by atoms with Crippen LogP contribution in [-0.4, -0.2) is 42.0 Å². The lowest BCUT2D eigenvalue weighted by Gasteiger charge is -2.22. The standard InChI is InChI=1S/C27H33N5O3/c1-17(31-27(33)32-20-11-9-19(10-12-20)18-7-5-4-6-8-18)13-22(28)26-21-14-24(34-2)25(35-3)15-23(21)29-16-30-26/h9-12,14-18,28H,4-8,13H2,1-3H3,(H2,31,32,33). The third-order valence-electron chi connectivity index (χ3n) is 6.56. The number of hydrogen-bond donors (Lipinski definition) is 3. The molecule has 8 nitrogen and oxygen atoms in total. The molecule has 0 saturated heterocycles. The molecule has 8 heteroatoms. The molecule has 1 unspecified atom stereocenters. The fourth-order valence-corrected chi connectivity index (χ4v) is 4.74. The van der Waals surface area contributed by atoms with E-state index in [-0.39, 0.29) is 12.1 Å². The van der Waals surface area contributed by atoms with Crippen LogP contribution in [0.4, 0.5) is 10.5 Å². The van der Waals surface area contributed by atoms with Gasteiger partial charge < -0.3 is 25.5 Å². The molecule has 3 N–H and O–H groups in total. The normalized spacial score (nSPS) is 14.8. The average molecular weight is 476 g/mol. The van der Waals surface area contributed by atoms with Gasteiger partial charge in [0.05, 0.1) is 31.1 Å². The van der Waals surface area contributed by atoms with Crippen molar-refractivity contribution in [2.24, 2.45) is 0 Å². The van der Waals surface area contributed by atoms with E-state index in [9.17, 15) is 4.79 Å². The zero-order valence-corrected chi connectivity index (χ0v) is 20.6. The molecule has 2 amide bonds. The number of methoxy groups -OCH3 is 2. The number of hydrogen-bond acceptors (Lipinski definition) is 6. The first kappa shape index (κ1) is 24.4. The summed E-state index contributed by atoms with van der Waals surface area (Å²) in [6.45, 7) is 1.87. The molecule has 4 rings (SSSR count). The van der Waals surface area contributed by atoms with Crippen molar-refractivity contribution in [1.29, 1.82) is 5.41 Å². The maximum absolute atomic E-state index is 12.5. The van der Waals surface area contributed by atoms with Crippen LogP contribution in [-0.2, 0) is 0 Å². The van der Waals surface area contributed by atoms with E-state index in [0.29, 0.717) is 46.1 Å². The number of anilines is 1. The third-order valence-corrected chi connectivity index (χ3v) is 6.56. The fourth-order valence-electron chi connectivity index (χ4n) is 4.74. The van der Waals surface area contributed by atoms with Crippen molar-refractivity contribution in [3.05, 3.63) is 54.0 Å². The maximum Gasteiger partial charge on any atom is 0.319 e. The first-order valence-electron chi connectivity index (χ1n) is 12.1. The van der Waals surface area contributed by atoms with Crippen molar-refractivity contribution in [3.63, 3.8) is 0 Å². The second kappa shape index (κ2) is 11.2. The summed E-state index contributed by atoms with van der Waals surface area (Å²) in [4.78, 5) is 21.2. The number of nitrogens with zero attached hydrogens (tertiary/aromatic N) is 2. The van der Waals surface area contributed by atoms with Crippen molar-refractivity contribution in [2.45, 2.75) is 57.4 Å². The maximum atomic E-state index is 12.5. The zero-order valence-electron chi connectivity index (χ0n) is 20.6. The van der Waals surface area contributed by atoms with Gasteiger partial charge in [-0.3, -0.25) is 0 Å². The van der Waals surface area contributed by atoms with Crippen LogP contribution < -0.4 is 20.1 Å². The summed E-state index contributed by atoms with van der Waals surface area (Å²) < 4.78 is 10.7. The van der Waals surface area contributed by atoms with Gasteiger partial charge in [0.15, 0.2) is 11.5 Å². The van der Waals surface area contributed by atoms with Crippen LogP contribution in [0.1, 0.15) is 62.6 Å². The molecule has 1 heterocycles. The lowest BCUT2D eigenvalue weighted by molar-refractivity contribution is 0.249. The Bertz CT molecular complexity index is 1190. The summed E-state index contributed by atoms with van der Waals surface area (Å²) in [5.74, 6) is 1.75. The Morgan fingerprint density at radius 2 is 1.74 bits per heavy atom. The van der Waals surface area contributed by atoms with E-state index in [0.717, 1.165) is 5.69 Å². The number of nitrogens with one attached hydrogen (secondary N) is 3. The lowest BCUT2D eigenvalue weighted by Crippen LogP contribution is -2.37. The van der Waals surface area contributed by atoms with Gasteiger partial charge in [0, 0.05) is 29.6 Å². The van der Waals surface area contributed by atoms with Gasteiger partial charge in [-0.2, -0.15) is 0 Å². The minimum atomic E-state index is -0.297. The summed E-state index contributed by atoms with van der Waals surface area (Å²) in [6, 6.07) is 11.1. The molecule has 0 bridgehead atoms. The zero-order chi connectivity index (χ0) is 24.8. The molecule has 0 aliphatic heterocycles.